The molecule has 17 nitrogen and oxygen atoms in total. The molecule has 0 bridgehead atoms. The van der Waals surface area contributed by atoms with E-state index in [1.165, 1.54) is 276 Å². The molecule has 0 aromatic carbocycles. The van der Waals surface area contributed by atoms with E-state index in [9.17, 15) is 43.2 Å². The van der Waals surface area contributed by atoms with Crippen LogP contribution in [0.1, 0.15) is 452 Å². The Kier molecular flexibility index (Phi) is 75.4. The third kappa shape index (κ3) is 78.0. The third-order valence-corrected chi connectivity index (χ3v) is 21.7. The van der Waals surface area contributed by atoms with Crippen molar-refractivity contribution in [2.45, 2.75) is 470 Å². The molecule has 0 rings (SSSR count). The first-order valence-electron chi connectivity index (χ1n) is 43.6. The van der Waals surface area contributed by atoms with Crippen LogP contribution in [0.15, 0.2) is 0 Å². The Labute approximate surface area is 632 Å². The van der Waals surface area contributed by atoms with Gasteiger partial charge in [0.25, 0.3) is 0 Å². The summed E-state index contributed by atoms with van der Waals surface area (Å²) in [5.41, 5.74) is 0. The Morgan fingerprint density at radius 1 is 0.262 bits per heavy atom. The molecule has 0 aliphatic rings. The molecular weight excluding hydrogens is 1340 g/mol. The van der Waals surface area contributed by atoms with Gasteiger partial charge in [-0.25, -0.2) is 9.13 Å². The predicted octanol–water partition coefficient (Wildman–Crippen LogP) is 25.6. The van der Waals surface area contributed by atoms with Crippen LogP contribution in [0.3, 0.4) is 0 Å². The van der Waals surface area contributed by atoms with Crippen LogP contribution >= 0.6 is 15.6 Å². The molecule has 0 aromatic rings. The Morgan fingerprint density at radius 2 is 0.447 bits per heavy atom. The van der Waals surface area contributed by atoms with E-state index in [0.29, 0.717) is 25.7 Å². The fourth-order valence-electron chi connectivity index (χ4n) is 13.1. The van der Waals surface area contributed by atoms with Crippen LogP contribution in [0.2, 0.25) is 0 Å². The van der Waals surface area contributed by atoms with E-state index in [4.69, 9.17) is 37.0 Å². The average Bonchev–Trinajstić information content (AvgIpc) is 0.934. The number of hydrogen-bond acceptors (Lipinski definition) is 15. The van der Waals surface area contributed by atoms with Crippen LogP contribution in [0.5, 0.6) is 0 Å². The molecule has 0 heterocycles. The van der Waals surface area contributed by atoms with Gasteiger partial charge in [-0.15, -0.1) is 0 Å². The molecule has 0 saturated heterocycles. The number of phosphoric ester groups is 2. The van der Waals surface area contributed by atoms with E-state index in [1.54, 1.807) is 0 Å². The highest BCUT2D eigenvalue weighted by atomic mass is 31.2. The SMILES string of the molecule is CCCCCCCCCCCCCCCCCCCCC(=O)OC[C@H](COP(=O)(O)OC[C@@H](O)COP(=O)(O)OC[C@@H](COC(=O)CCCCCCCCCCCC)OC(=O)CCCCCCCCCCCCCCCCCCC)OC(=O)CCCCCCCCCCCCCCCCCC(C)C. The van der Waals surface area contributed by atoms with Crippen LogP contribution in [-0.2, 0) is 65.4 Å². The van der Waals surface area contributed by atoms with Crippen molar-refractivity contribution in [2.24, 2.45) is 5.92 Å². The quantitative estimate of drug-likeness (QED) is 0.0222. The molecule has 0 fully saturated rings. The van der Waals surface area contributed by atoms with E-state index >= 15 is 0 Å². The van der Waals surface area contributed by atoms with Gasteiger partial charge in [-0.2, -0.15) is 0 Å². The summed E-state index contributed by atoms with van der Waals surface area (Å²) < 4.78 is 68.8. The minimum atomic E-state index is -4.96. The highest BCUT2D eigenvalue weighted by molar-refractivity contribution is 7.47. The number of unbranched alkanes of at least 4 members (excludes halogenated alkanes) is 56. The van der Waals surface area contributed by atoms with Gasteiger partial charge in [-0.05, 0) is 31.6 Å². The molecule has 5 atom stereocenters. The van der Waals surface area contributed by atoms with E-state index in [0.717, 1.165) is 95.8 Å². The molecule has 612 valence electrons. The van der Waals surface area contributed by atoms with Gasteiger partial charge < -0.3 is 33.8 Å². The molecule has 2 unspecified atom stereocenters. The van der Waals surface area contributed by atoms with Crippen molar-refractivity contribution in [3.8, 4) is 0 Å². The van der Waals surface area contributed by atoms with Crippen molar-refractivity contribution in [3.63, 3.8) is 0 Å². The van der Waals surface area contributed by atoms with Crippen molar-refractivity contribution in [1.82, 2.24) is 0 Å². The lowest BCUT2D eigenvalue weighted by Gasteiger charge is -2.21. The molecule has 0 saturated carbocycles. The Balaban J connectivity index is 5.23. The summed E-state index contributed by atoms with van der Waals surface area (Å²) in [5.74, 6) is -1.30. The summed E-state index contributed by atoms with van der Waals surface area (Å²) in [6, 6.07) is 0. The zero-order valence-corrected chi connectivity index (χ0v) is 69.3. The van der Waals surface area contributed by atoms with Crippen LogP contribution < -0.4 is 0 Å². The summed E-state index contributed by atoms with van der Waals surface area (Å²) >= 11 is 0. The highest BCUT2D eigenvalue weighted by Crippen LogP contribution is 2.45. The van der Waals surface area contributed by atoms with E-state index < -0.39 is 97.5 Å². The van der Waals surface area contributed by atoms with Crippen LogP contribution in [0.25, 0.3) is 0 Å². The molecule has 0 aromatic heterocycles. The molecule has 0 spiro atoms. The van der Waals surface area contributed by atoms with Crippen molar-refractivity contribution in [3.05, 3.63) is 0 Å². The minimum Gasteiger partial charge on any atom is -0.462 e. The van der Waals surface area contributed by atoms with Crippen molar-refractivity contribution in [1.29, 1.82) is 0 Å². The number of carbonyl (C=O) groups is 4. The predicted molar refractivity (Wildman–Crippen MR) is 423 cm³/mol. The molecular formula is C84H164O17P2. The molecule has 0 amide bonds. The lowest BCUT2D eigenvalue weighted by atomic mass is 10.0. The van der Waals surface area contributed by atoms with Gasteiger partial charge in [-0.1, -0.05) is 401 Å². The Morgan fingerprint density at radius 3 is 0.660 bits per heavy atom. The summed E-state index contributed by atoms with van der Waals surface area (Å²) in [7, 11) is -9.92. The van der Waals surface area contributed by atoms with Crippen molar-refractivity contribution in [2.75, 3.05) is 39.6 Å². The number of hydrogen-bond donors (Lipinski definition) is 3. The molecule has 3 N–H and O–H groups in total. The van der Waals surface area contributed by atoms with Gasteiger partial charge in [0.1, 0.15) is 19.3 Å². The topological polar surface area (TPSA) is 237 Å². The zero-order chi connectivity index (χ0) is 75.5. The van der Waals surface area contributed by atoms with E-state index in [1.807, 2.05) is 0 Å². The summed E-state index contributed by atoms with van der Waals surface area (Å²) in [6.45, 7) is 7.38. The zero-order valence-electron chi connectivity index (χ0n) is 67.5. The highest BCUT2D eigenvalue weighted by Gasteiger charge is 2.30. The molecule has 103 heavy (non-hydrogen) atoms. The van der Waals surface area contributed by atoms with Gasteiger partial charge in [0.2, 0.25) is 0 Å². The fourth-order valence-corrected chi connectivity index (χ4v) is 14.7. The maximum atomic E-state index is 13.1. The largest absolute Gasteiger partial charge is 0.472 e. The number of aliphatic hydroxyl groups is 1. The van der Waals surface area contributed by atoms with Gasteiger partial charge in [0, 0.05) is 25.7 Å². The molecule has 0 radical (unpaired) electrons. The standard InChI is InChI=1S/C84H164O17P2/c1-6-9-12-15-18-21-24-26-28-30-32-35-39-43-48-53-58-63-68-82(87)95-74-80(101-84(89)70-65-60-55-50-45-41-37-33-34-38-42-46-51-56-61-66-77(4)5)76-99-103(92,93)97-72-78(85)71-96-102(90,91)98-75-79(73-94-81(86)67-62-57-52-47-23-20-17-14-11-8-3)100-83(88)69-64-59-54-49-44-40-36-31-29-27-25-22-19-16-13-10-7-2/h77-80,85H,6-76H2,1-5H3,(H,90,91)(H,92,93)/t78-,79+,80+/m0/s1. The first-order valence-corrected chi connectivity index (χ1v) is 46.6. The van der Waals surface area contributed by atoms with E-state index in [-0.39, 0.29) is 25.7 Å². The number of ether oxygens (including phenoxy) is 4. The maximum Gasteiger partial charge on any atom is 0.472 e. The molecule has 0 aliphatic heterocycles. The van der Waals surface area contributed by atoms with Gasteiger partial charge in [0.15, 0.2) is 12.2 Å². The first kappa shape index (κ1) is 101. The number of phosphoric acid groups is 2. The lowest BCUT2D eigenvalue weighted by Crippen LogP contribution is -2.30. The smallest absolute Gasteiger partial charge is 0.462 e. The van der Waals surface area contributed by atoms with Crippen LogP contribution in [0.4, 0.5) is 0 Å². The van der Waals surface area contributed by atoms with E-state index in [2.05, 4.69) is 34.6 Å². The second kappa shape index (κ2) is 76.8. The van der Waals surface area contributed by atoms with Gasteiger partial charge in [0.05, 0.1) is 26.4 Å². The molecule has 19 heteroatoms. The van der Waals surface area contributed by atoms with Crippen LogP contribution in [0, 0.1) is 5.92 Å². The number of esters is 4. The van der Waals surface area contributed by atoms with Gasteiger partial charge >= 0.3 is 39.5 Å². The van der Waals surface area contributed by atoms with Crippen molar-refractivity contribution >= 4 is 39.5 Å². The monoisotopic (exact) mass is 1510 g/mol. The second-order valence-corrected chi connectivity index (χ2v) is 33.6. The Bertz CT molecular complexity index is 1960. The third-order valence-electron chi connectivity index (χ3n) is 19.8. The minimum absolute atomic E-state index is 0.109. The normalized spacial score (nSPS) is 13.8. The lowest BCUT2D eigenvalue weighted by molar-refractivity contribution is -0.161. The average molecular weight is 1510 g/mol. The van der Waals surface area contributed by atoms with Crippen LogP contribution in [-0.4, -0.2) is 96.7 Å². The maximum absolute atomic E-state index is 13.1. The summed E-state index contributed by atoms with van der Waals surface area (Å²) in [6.07, 6.45) is 69.3. The summed E-state index contributed by atoms with van der Waals surface area (Å²) in [4.78, 5) is 73.1. The Hall–Kier alpha value is -1.94. The summed E-state index contributed by atoms with van der Waals surface area (Å²) in [5, 5.41) is 10.7. The second-order valence-electron chi connectivity index (χ2n) is 30.7. The number of rotatable bonds is 84. The number of aliphatic hydroxyl groups excluding tert-OH is 1. The van der Waals surface area contributed by atoms with Gasteiger partial charge in [-0.3, -0.25) is 37.3 Å². The van der Waals surface area contributed by atoms with Crippen molar-refractivity contribution < 1.29 is 80.2 Å². The first-order chi connectivity index (χ1) is 50.0. The fraction of sp³-hybridized carbons (Fsp3) is 0.952. The number of carbonyl (C=O) groups excluding carboxylic acids is 4. The molecule has 0 aliphatic carbocycles.